The summed E-state index contributed by atoms with van der Waals surface area (Å²) in [5, 5.41) is 1.22. The molecule has 0 fully saturated rings. The molecule has 0 saturated carbocycles. The van der Waals surface area contributed by atoms with Gasteiger partial charge < -0.3 is 4.90 Å². The zero-order valence-corrected chi connectivity index (χ0v) is 21.8. The lowest BCUT2D eigenvalue weighted by Crippen LogP contribution is -2.37. The van der Waals surface area contributed by atoms with Crippen molar-refractivity contribution in [3.8, 4) is 11.1 Å². The van der Waals surface area contributed by atoms with Gasteiger partial charge in [0.05, 0.1) is 23.4 Å². The number of hydrogen-bond acceptors (Lipinski definition) is 1. The van der Waals surface area contributed by atoms with E-state index in [1.807, 2.05) is 60.7 Å². The molecule has 3 heteroatoms. The molecule has 34 heavy (non-hydrogen) atoms. The Bertz CT molecular complexity index is 1780. The van der Waals surface area contributed by atoms with Crippen molar-refractivity contribution in [2.75, 3.05) is 4.90 Å². The maximum Gasteiger partial charge on any atom is 0.0775 e. The van der Waals surface area contributed by atoms with Crippen LogP contribution < -0.4 is 10.1 Å². The van der Waals surface area contributed by atoms with Crippen molar-refractivity contribution in [3.63, 3.8) is 0 Å². The van der Waals surface area contributed by atoms with Crippen molar-refractivity contribution in [3.05, 3.63) is 120 Å². The summed E-state index contributed by atoms with van der Waals surface area (Å²) in [7, 11) is -1.61. The van der Waals surface area contributed by atoms with Gasteiger partial charge in [-0.1, -0.05) is 113 Å². The summed E-state index contributed by atoms with van der Waals surface area (Å²) in [5.41, 5.74) is 3.49. The average molecular weight is 530 g/mol. The van der Waals surface area contributed by atoms with Crippen LogP contribution in [0.4, 0.5) is 17.1 Å². The molecular formula is C31H28BrNSi. The first-order valence-corrected chi connectivity index (χ1v) is 15.4. The molecule has 0 radical (unpaired) electrons. The fourth-order valence-corrected chi connectivity index (χ4v) is 5.36. The van der Waals surface area contributed by atoms with E-state index in [1.54, 1.807) is 4.90 Å². The predicted molar refractivity (Wildman–Crippen MR) is 155 cm³/mol. The summed E-state index contributed by atoms with van der Waals surface area (Å²) in [5.74, 6) is 0. The summed E-state index contributed by atoms with van der Waals surface area (Å²) >= 11 is 3.47. The van der Waals surface area contributed by atoms with Gasteiger partial charge in [-0.15, -0.1) is 0 Å². The molecule has 0 saturated heterocycles. The van der Waals surface area contributed by atoms with Crippen molar-refractivity contribution in [2.45, 2.75) is 19.6 Å². The van der Waals surface area contributed by atoms with Crippen LogP contribution >= 0.6 is 15.9 Å². The van der Waals surface area contributed by atoms with Crippen molar-refractivity contribution in [1.82, 2.24) is 0 Å². The van der Waals surface area contributed by atoms with Crippen LogP contribution in [0.2, 0.25) is 19.6 Å². The zero-order valence-electron chi connectivity index (χ0n) is 26.3. The molecule has 0 aromatic heterocycles. The number of benzene rings is 5. The molecule has 168 valence electrons. The van der Waals surface area contributed by atoms with Gasteiger partial charge in [-0.2, -0.15) is 0 Å². The quantitative estimate of drug-likeness (QED) is 0.205. The Balaban J connectivity index is 1.82. The van der Waals surface area contributed by atoms with Crippen molar-refractivity contribution < 1.29 is 9.60 Å². The number of hydrogen-bond donors (Lipinski definition) is 0. The van der Waals surface area contributed by atoms with Gasteiger partial charge in [-0.3, -0.25) is 0 Å². The van der Waals surface area contributed by atoms with Gasteiger partial charge >= 0.3 is 0 Å². The van der Waals surface area contributed by atoms with Crippen LogP contribution in [0.5, 0.6) is 0 Å². The third kappa shape index (κ3) is 4.59. The minimum atomic E-state index is -1.61. The van der Waals surface area contributed by atoms with Crippen LogP contribution in [0.25, 0.3) is 21.9 Å². The van der Waals surface area contributed by atoms with E-state index in [-0.39, 0.29) is 40.6 Å². The van der Waals surface area contributed by atoms with E-state index >= 15 is 0 Å². The second kappa shape index (κ2) is 9.25. The fraction of sp³-hybridized carbons (Fsp3) is 0.0968. The van der Waals surface area contributed by atoms with Crippen LogP contribution in [0, 0.1) is 0 Å². The molecule has 0 atom stereocenters. The normalized spacial score (nSPS) is 14.4. The van der Waals surface area contributed by atoms with Gasteiger partial charge in [0.15, 0.2) is 0 Å². The number of anilines is 3. The molecular weight excluding hydrogens is 494 g/mol. The van der Waals surface area contributed by atoms with E-state index < -0.39 is 26.2 Å². The lowest BCUT2D eigenvalue weighted by atomic mass is 10.0. The Morgan fingerprint density at radius 2 is 1.18 bits per heavy atom. The van der Waals surface area contributed by atoms with Gasteiger partial charge in [0.25, 0.3) is 0 Å². The third-order valence-corrected chi connectivity index (χ3v) is 8.40. The third-order valence-electron chi connectivity index (χ3n) is 5.81. The Morgan fingerprint density at radius 3 is 1.79 bits per heavy atom. The highest BCUT2D eigenvalue weighted by Crippen LogP contribution is 2.39. The molecule has 1 nitrogen and oxygen atoms in total. The zero-order chi connectivity index (χ0) is 29.8. The Labute approximate surface area is 221 Å². The van der Waals surface area contributed by atoms with Crippen LogP contribution in [-0.2, 0) is 0 Å². The summed E-state index contributed by atoms with van der Waals surface area (Å²) in [4.78, 5) is 1.77. The monoisotopic (exact) mass is 528 g/mol. The van der Waals surface area contributed by atoms with E-state index in [1.165, 1.54) is 5.19 Å². The minimum absolute atomic E-state index is 0.0493. The highest BCUT2D eigenvalue weighted by molar-refractivity contribution is 9.10. The number of fused-ring (bicyclic) bond motifs is 1. The first kappa shape index (κ1) is 15.7. The summed E-state index contributed by atoms with van der Waals surface area (Å²) < 4.78 is 61.0. The van der Waals surface area contributed by atoms with Crippen LogP contribution in [0.3, 0.4) is 0 Å². The Kier molecular flexibility index (Phi) is 4.27. The standard InChI is InChI=1S/C31H28BrNSi/c1-34(2,3)29-21-19-28(20-22-29)33(31-10-6-8-25-7-4-5-9-30(25)31)27-17-13-24(14-18-27)23-11-15-26(32)16-12-23/h4-22H,1-3H3/i4D,5D,6D,7D,8D,9D,10D. The van der Waals surface area contributed by atoms with Crippen molar-refractivity contribution >= 4 is 57.0 Å². The van der Waals surface area contributed by atoms with Crippen molar-refractivity contribution in [2.24, 2.45) is 0 Å². The molecule has 0 N–H and O–H groups in total. The van der Waals surface area contributed by atoms with Gasteiger partial charge in [0.1, 0.15) is 0 Å². The molecule has 0 unspecified atom stereocenters. The van der Waals surface area contributed by atoms with Gasteiger partial charge in [-0.05, 0) is 59.0 Å². The molecule has 0 aliphatic rings. The molecule has 0 spiro atoms. The summed E-state index contributed by atoms with van der Waals surface area (Å²) in [6, 6.07) is 21.0. The summed E-state index contributed by atoms with van der Waals surface area (Å²) in [6.07, 6.45) is 0. The second-order valence-corrected chi connectivity index (χ2v) is 15.2. The molecule has 0 heterocycles. The number of nitrogens with zero attached hydrogens (tertiary/aromatic N) is 1. The average Bonchev–Trinajstić information content (AvgIpc) is 2.95. The fourth-order valence-electron chi connectivity index (χ4n) is 3.93. The molecule has 0 aliphatic carbocycles. The van der Waals surface area contributed by atoms with Crippen LogP contribution in [-0.4, -0.2) is 8.07 Å². The maximum absolute atomic E-state index is 8.98. The topological polar surface area (TPSA) is 3.24 Å². The van der Waals surface area contributed by atoms with Gasteiger partial charge in [0, 0.05) is 21.2 Å². The van der Waals surface area contributed by atoms with E-state index in [2.05, 4.69) is 47.7 Å². The van der Waals surface area contributed by atoms with Gasteiger partial charge in [-0.25, -0.2) is 0 Å². The highest BCUT2D eigenvalue weighted by atomic mass is 79.9. The first-order chi connectivity index (χ1) is 19.3. The number of rotatable bonds is 5. The number of halogens is 1. The lowest BCUT2D eigenvalue weighted by molar-refractivity contribution is 1.30. The maximum atomic E-state index is 8.98. The largest absolute Gasteiger partial charge is 0.310 e. The first-order valence-electron chi connectivity index (χ1n) is 14.6. The van der Waals surface area contributed by atoms with Crippen molar-refractivity contribution in [1.29, 1.82) is 0 Å². The predicted octanol–water partition coefficient (Wildman–Crippen LogP) is 9.28. The Hall–Kier alpha value is -3.14. The van der Waals surface area contributed by atoms with E-state index in [0.717, 1.165) is 15.6 Å². The SMILES string of the molecule is [2H]c1c([2H])c([2H])c2c(N(c3ccc(-c4ccc(Br)cc4)cc3)c3ccc([Si](C)(C)C)cc3)c([2H])c([2H])c([2H])c2c1[2H]. The van der Waals surface area contributed by atoms with E-state index in [9.17, 15) is 0 Å². The smallest absolute Gasteiger partial charge is 0.0775 e. The van der Waals surface area contributed by atoms with E-state index in [0.29, 0.717) is 11.4 Å². The minimum Gasteiger partial charge on any atom is -0.310 e. The molecule has 5 aromatic carbocycles. The molecule has 0 bridgehead atoms. The van der Waals surface area contributed by atoms with E-state index in [4.69, 9.17) is 9.60 Å². The highest BCUT2D eigenvalue weighted by Gasteiger charge is 2.19. The molecule has 0 amide bonds. The molecule has 5 rings (SSSR count). The van der Waals surface area contributed by atoms with Crippen LogP contribution in [0.15, 0.2) is 120 Å². The van der Waals surface area contributed by atoms with Crippen LogP contribution in [0.1, 0.15) is 9.60 Å². The molecule has 0 aliphatic heterocycles. The lowest BCUT2D eigenvalue weighted by Gasteiger charge is -2.28. The summed E-state index contributed by atoms with van der Waals surface area (Å²) in [6.45, 7) is 6.77. The Morgan fingerprint density at radius 1 is 0.647 bits per heavy atom. The van der Waals surface area contributed by atoms with Gasteiger partial charge in [0.2, 0.25) is 0 Å². The second-order valence-electron chi connectivity index (χ2n) is 9.16. The molecule has 5 aromatic rings.